The van der Waals surface area contributed by atoms with Gasteiger partial charge in [0, 0.05) is 40.6 Å². The predicted octanol–water partition coefficient (Wildman–Crippen LogP) is -3.78. The number of β-lactam (4-membered cyclic amide) rings is 1. The van der Waals surface area contributed by atoms with Crippen LogP contribution in [-0.4, -0.2) is 86.7 Å². The van der Waals surface area contributed by atoms with Crippen molar-refractivity contribution in [1.82, 2.24) is 14.8 Å². The van der Waals surface area contributed by atoms with Crippen molar-refractivity contribution in [3.8, 4) is 0 Å². The van der Waals surface area contributed by atoms with Gasteiger partial charge in [0.1, 0.15) is 5.69 Å². The average molecular weight is 546 g/mol. The molecule has 1 aromatic rings. The third kappa shape index (κ3) is 5.05. The Morgan fingerprint density at radius 2 is 1.97 bits per heavy atom. The van der Waals surface area contributed by atoms with Gasteiger partial charge in [-0.15, -0.1) is 23.1 Å². The van der Waals surface area contributed by atoms with Crippen LogP contribution in [0.15, 0.2) is 16.0 Å². The molecule has 0 radical (unpaired) electrons. The second-order valence-electron chi connectivity index (χ2n) is 9.41. The molecule has 3 amide bonds. The summed E-state index contributed by atoms with van der Waals surface area (Å²) in [5.41, 5.74) is 5.42. The first-order valence-corrected chi connectivity index (χ1v) is 13.1. The van der Waals surface area contributed by atoms with Gasteiger partial charge >= 0.3 is 29.6 Å². The molecule has 14 heteroatoms. The zero-order valence-corrected chi connectivity index (χ0v) is 24.5. The van der Waals surface area contributed by atoms with Crippen molar-refractivity contribution in [2.24, 2.45) is 17.6 Å². The van der Waals surface area contributed by atoms with E-state index in [9.17, 15) is 29.4 Å². The number of carboxylic acids is 1. The van der Waals surface area contributed by atoms with Crippen molar-refractivity contribution in [3.63, 3.8) is 0 Å². The van der Waals surface area contributed by atoms with Gasteiger partial charge in [0.2, 0.25) is 11.8 Å². The van der Waals surface area contributed by atoms with E-state index in [1.807, 2.05) is 11.8 Å². The minimum atomic E-state index is -1.39. The van der Waals surface area contributed by atoms with Crippen LogP contribution in [0.4, 0.5) is 5.13 Å². The summed E-state index contributed by atoms with van der Waals surface area (Å²) in [6.45, 7) is 8.01. The van der Waals surface area contributed by atoms with Crippen LogP contribution in [0.5, 0.6) is 0 Å². The molecule has 0 spiro atoms. The molecular formula is C22H28N5NaO6S2. The number of rotatable bonds is 9. The summed E-state index contributed by atoms with van der Waals surface area (Å²) < 4.78 is 0. The first kappa shape index (κ1) is 28.9. The number of hydrogen-bond donors (Lipinski definition) is 2. The zero-order valence-electron chi connectivity index (χ0n) is 20.8. The normalized spacial score (nSPS) is 24.2. The van der Waals surface area contributed by atoms with E-state index in [0.717, 1.165) is 0 Å². The number of carbonyl (C=O) groups is 4. The Morgan fingerprint density at radius 3 is 2.50 bits per heavy atom. The van der Waals surface area contributed by atoms with E-state index in [1.54, 1.807) is 26.2 Å². The number of thioether (sulfide) groups is 1. The molecule has 2 fully saturated rings. The Bertz CT molecular complexity index is 1100. The molecule has 190 valence electrons. The smallest absolute Gasteiger partial charge is 0.543 e. The maximum Gasteiger partial charge on any atom is 1.00 e. The number of carbonyl (C=O) groups excluding carboxylic acids is 4. The van der Waals surface area contributed by atoms with E-state index in [-0.39, 0.29) is 82.6 Å². The average Bonchev–Trinajstić information content (AvgIpc) is 3.29. The fourth-order valence-electron chi connectivity index (χ4n) is 4.83. The summed E-state index contributed by atoms with van der Waals surface area (Å²) in [7, 11) is 0. The number of aromatic nitrogens is 1. The molecule has 0 aliphatic carbocycles. The van der Waals surface area contributed by atoms with Crippen LogP contribution in [-0.2, 0) is 14.4 Å². The van der Waals surface area contributed by atoms with Crippen LogP contribution in [0.3, 0.4) is 0 Å². The Labute approximate surface area is 239 Å². The first-order chi connectivity index (χ1) is 16.4. The van der Waals surface area contributed by atoms with Crippen LogP contribution in [0, 0.1) is 11.8 Å². The van der Waals surface area contributed by atoms with Gasteiger partial charge < -0.3 is 35.4 Å². The molecule has 0 aromatic carbocycles. The second kappa shape index (κ2) is 11.0. The van der Waals surface area contributed by atoms with Gasteiger partial charge in [-0.3, -0.25) is 14.4 Å². The topological polar surface area (TPSA) is 160 Å². The van der Waals surface area contributed by atoms with Crippen LogP contribution in [0.25, 0.3) is 0 Å². The number of nitrogens with two attached hydrogens (primary N) is 1. The van der Waals surface area contributed by atoms with E-state index < -0.39 is 23.9 Å². The molecule has 4 heterocycles. The maximum absolute atomic E-state index is 12.8. The van der Waals surface area contributed by atoms with E-state index in [4.69, 9.17) is 5.73 Å². The minimum Gasteiger partial charge on any atom is -0.543 e. The van der Waals surface area contributed by atoms with Crippen molar-refractivity contribution in [3.05, 3.63) is 21.7 Å². The van der Waals surface area contributed by atoms with Crippen LogP contribution < -0.4 is 45.3 Å². The molecule has 3 aliphatic rings. The van der Waals surface area contributed by atoms with Crippen LogP contribution in [0.2, 0.25) is 0 Å². The predicted molar refractivity (Wildman–Crippen MR) is 128 cm³/mol. The molecule has 0 bridgehead atoms. The summed E-state index contributed by atoms with van der Waals surface area (Å²) in [5.74, 6) is -3.55. The van der Waals surface area contributed by atoms with Gasteiger partial charge in [0.05, 0.1) is 36.3 Å². The van der Waals surface area contributed by atoms with Crippen LogP contribution in [0.1, 0.15) is 38.2 Å². The Hall–Kier alpha value is -1.64. The van der Waals surface area contributed by atoms with E-state index in [2.05, 4.69) is 4.98 Å². The maximum atomic E-state index is 12.8. The fraction of sp³-hybridized carbons (Fsp3) is 0.591. The van der Waals surface area contributed by atoms with Gasteiger partial charge in [-0.2, -0.15) is 0 Å². The van der Waals surface area contributed by atoms with Gasteiger partial charge in [0.15, 0.2) is 5.13 Å². The zero-order chi connectivity index (χ0) is 25.8. The number of hydrogen-bond acceptors (Lipinski definition) is 10. The Morgan fingerprint density at radius 1 is 1.33 bits per heavy atom. The number of fused-ring (bicyclic) bond motifs is 1. The minimum absolute atomic E-state index is 0. The number of anilines is 1. The molecule has 2 saturated heterocycles. The molecular weight excluding hydrogens is 517 g/mol. The number of aliphatic carboxylic acids is 1. The standard InChI is InChI=1S/C22H29N5O6S2.Na/c1-9(2)26(7-14(23)29)19(30)13-8-34-22(24-13)25-5-12(6-25)35-18-10(3)16-15(11(4)28)20(31)27(16)17(18)21(32)33;/h8-12,15-16,28H,5-7H2,1-4H3,(H2,23,29)(H,32,33);/q;+1/p-1/t10-,11-,15-,16-;/m1./s1. The van der Waals surface area contributed by atoms with Crippen molar-refractivity contribution in [2.75, 3.05) is 24.5 Å². The largest absolute Gasteiger partial charge is 1.00 e. The van der Waals surface area contributed by atoms with Crippen molar-refractivity contribution in [2.45, 2.75) is 51.1 Å². The molecule has 4 atom stereocenters. The quantitative estimate of drug-likeness (QED) is 0.234. The summed E-state index contributed by atoms with van der Waals surface area (Å²) in [5, 5.41) is 24.2. The van der Waals surface area contributed by atoms with Crippen molar-refractivity contribution < 1.29 is 58.9 Å². The molecule has 4 rings (SSSR count). The fourth-order valence-corrected chi connectivity index (χ4v) is 7.16. The Kier molecular flexibility index (Phi) is 8.84. The molecule has 1 aromatic heterocycles. The number of aliphatic hydroxyl groups is 1. The monoisotopic (exact) mass is 545 g/mol. The second-order valence-corrected chi connectivity index (χ2v) is 11.6. The Balaban J connectivity index is 0.00000361. The van der Waals surface area contributed by atoms with Crippen molar-refractivity contribution in [1.29, 1.82) is 0 Å². The van der Waals surface area contributed by atoms with Gasteiger partial charge in [-0.1, -0.05) is 6.92 Å². The number of nitrogens with zero attached hydrogens (tertiary/aromatic N) is 4. The summed E-state index contributed by atoms with van der Waals surface area (Å²) in [6.07, 6.45) is -0.853. The molecule has 0 unspecified atom stereocenters. The third-order valence-electron chi connectivity index (χ3n) is 6.64. The van der Waals surface area contributed by atoms with Crippen molar-refractivity contribution >= 4 is 51.9 Å². The number of amides is 3. The van der Waals surface area contributed by atoms with Gasteiger partial charge in [-0.05, 0) is 20.8 Å². The SMILES string of the molecule is CC(C)N(CC(N)=O)C(=O)c1csc(N2CC(SC3=C(C(=O)[O-])N4C(=O)[C@H]([C@@H](C)O)[C@H]4[C@H]3C)C2)n1.[Na+]. The van der Waals surface area contributed by atoms with E-state index >= 15 is 0 Å². The van der Waals surface area contributed by atoms with E-state index in [0.29, 0.717) is 23.1 Å². The molecule has 3 N–H and O–H groups in total. The third-order valence-corrected chi connectivity index (χ3v) is 8.99. The molecule has 0 saturated carbocycles. The summed E-state index contributed by atoms with van der Waals surface area (Å²) >= 11 is 2.74. The number of aliphatic hydroxyl groups excluding tert-OH is 1. The number of thiazole rings is 1. The summed E-state index contributed by atoms with van der Waals surface area (Å²) in [6, 6.07) is -0.582. The van der Waals surface area contributed by atoms with Gasteiger partial charge in [0.25, 0.3) is 5.91 Å². The molecule has 11 nitrogen and oxygen atoms in total. The van der Waals surface area contributed by atoms with Crippen LogP contribution >= 0.6 is 23.1 Å². The summed E-state index contributed by atoms with van der Waals surface area (Å²) in [4.78, 5) is 58.1. The number of primary amides is 1. The van der Waals surface area contributed by atoms with Gasteiger partial charge in [-0.25, -0.2) is 4.98 Å². The number of carboxylic acid groups (broad SMARTS) is 1. The van der Waals surface area contributed by atoms with E-state index in [1.165, 1.54) is 32.9 Å². The molecule has 3 aliphatic heterocycles. The first-order valence-electron chi connectivity index (χ1n) is 11.3. The molecule has 36 heavy (non-hydrogen) atoms.